The number of allylic oxidation sites excluding steroid dienone is 4. The van der Waals surface area contributed by atoms with Gasteiger partial charge in [-0.2, -0.15) is 0 Å². The van der Waals surface area contributed by atoms with Gasteiger partial charge in [0.05, 0.1) is 0 Å². The molecular formula is C12H20N2. The Morgan fingerprint density at radius 3 is 2.50 bits per heavy atom. The van der Waals surface area contributed by atoms with E-state index in [1.54, 1.807) is 5.57 Å². The van der Waals surface area contributed by atoms with Crippen molar-refractivity contribution in [1.82, 2.24) is 5.32 Å². The Hall–Kier alpha value is -0.760. The third-order valence-corrected chi connectivity index (χ3v) is 3.66. The molecule has 0 atom stereocenters. The molecule has 1 saturated heterocycles. The van der Waals surface area contributed by atoms with Crippen molar-refractivity contribution in [2.75, 3.05) is 13.1 Å². The number of rotatable bonds is 1. The maximum Gasteiger partial charge on any atom is 0.00836 e. The standard InChI is InChI=1S/C12H20N2/c1-12(6-8-14-9-7-12)10-2-4-11(13)5-3-10/h2,4,14H,3,5-9,13H2,1H3. The van der Waals surface area contributed by atoms with Crippen LogP contribution in [0.15, 0.2) is 23.4 Å². The van der Waals surface area contributed by atoms with Gasteiger partial charge in [-0.05, 0) is 50.3 Å². The summed E-state index contributed by atoms with van der Waals surface area (Å²) in [4.78, 5) is 0. The van der Waals surface area contributed by atoms with Crippen LogP contribution in [0.3, 0.4) is 0 Å². The summed E-state index contributed by atoms with van der Waals surface area (Å²) in [6.07, 6.45) is 9.10. The normalized spacial score (nSPS) is 26.6. The highest BCUT2D eigenvalue weighted by atomic mass is 14.9. The first-order valence-electron chi connectivity index (χ1n) is 5.57. The molecule has 0 bridgehead atoms. The molecule has 2 rings (SSSR count). The van der Waals surface area contributed by atoms with Crippen LogP contribution in [-0.2, 0) is 0 Å². The molecule has 1 fully saturated rings. The molecule has 1 heterocycles. The third kappa shape index (κ3) is 1.85. The van der Waals surface area contributed by atoms with Crippen molar-refractivity contribution < 1.29 is 0 Å². The lowest BCUT2D eigenvalue weighted by Gasteiger charge is -2.37. The molecule has 0 saturated carbocycles. The van der Waals surface area contributed by atoms with Gasteiger partial charge in [-0.25, -0.2) is 0 Å². The van der Waals surface area contributed by atoms with Crippen LogP contribution in [0, 0.1) is 5.41 Å². The van der Waals surface area contributed by atoms with E-state index in [4.69, 9.17) is 5.73 Å². The molecule has 2 nitrogen and oxygen atoms in total. The third-order valence-electron chi connectivity index (χ3n) is 3.66. The molecular weight excluding hydrogens is 172 g/mol. The Bertz CT molecular complexity index is 270. The van der Waals surface area contributed by atoms with Gasteiger partial charge < -0.3 is 11.1 Å². The first-order valence-corrected chi connectivity index (χ1v) is 5.57. The predicted octanol–water partition coefficient (Wildman–Crippen LogP) is 1.94. The minimum atomic E-state index is 0.433. The highest BCUT2D eigenvalue weighted by molar-refractivity contribution is 5.27. The van der Waals surface area contributed by atoms with E-state index in [9.17, 15) is 0 Å². The summed E-state index contributed by atoms with van der Waals surface area (Å²) in [5.74, 6) is 0. The molecule has 2 aliphatic rings. The lowest BCUT2D eigenvalue weighted by Crippen LogP contribution is -2.36. The quantitative estimate of drug-likeness (QED) is 0.666. The zero-order chi connectivity index (χ0) is 10.0. The average Bonchev–Trinajstić information content (AvgIpc) is 2.19. The summed E-state index contributed by atoms with van der Waals surface area (Å²) >= 11 is 0. The predicted molar refractivity (Wildman–Crippen MR) is 59.8 cm³/mol. The molecule has 0 aromatic carbocycles. The zero-order valence-electron chi connectivity index (χ0n) is 8.97. The van der Waals surface area contributed by atoms with Crippen LogP contribution in [0.5, 0.6) is 0 Å². The topological polar surface area (TPSA) is 38.0 Å². The van der Waals surface area contributed by atoms with E-state index in [0.717, 1.165) is 25.2 Å². The lowest BCUT2D eigenvalue weighted by atomic mass is 9.72. The second-order valence-electron chi connectivity index (χ2n) is 4.74. The Morgan fingerprint density at radius 2 is 1.93 bits per heavy atom. The monoisotopic (exact) mass is 192 g/mol. The van der Waals surface area contributed by atoms with Crippen molar-refractivity contribution in [3.05, 3.63) is 23.4 Å². The largest absolute Gasteiger partial charge is 0.402 e. The van der Waals surface area contributed by atoms with Crippen molar-refractivity contribution in [2.45, 2.75) is 32.6 Å². The van der Waals surface area contributed by atoms with Gasteiger partial charge in [-0.3, -0.25) is 0 Å². The Labute approximate surface area is 86.3 Å². The summed E-state index contributed by atoms with van der Waals surface area (Å²) in [5.41, 5.74) is 8.85. The van der Waals surface area contributed by atoms with Gasteiger partial charge in [0.25, 0.3) is 0 Å². The van der Waals surface area contributed by atoms with E-state index in [-0.39, 0.29) is 0 Å². The molecule has 0 aromatic rings. The highest BCUT2D eigenvalue weighted by Gasteiger charge is 2.30. The second-order valence-corrected chi connectivity index (χ2v) is 4.74. The van der Waals surface area contributed by atoms with E-state index in [1.807, 2.05) is 0 Å². The van der Waals surface area contributed by atoms with Crippen molar-refractivity contribution >= 4 is 0 Å². The van der Waals surface area contributed by atoms with Crippen LogP contribution in [0.25, 0.3) is 0 Å². The van der Waals surface area contributed by atoms with Crippen molar-refractivity contribution in [3.8, 4) is 0 Å². The molecule has 14 heavy (non-hydrogen) atoms. The van der Waals surface area contributed by atoms with Crippen LogP contribution in [0.2, 0.25) is 0 Å². The number of nitrogens with one attached hydrogen (secondary N) is 1. The van der Waals surface area contributed by atoms with Crippen LogP contribution in [0.4, 0.5) is 0 Å². The van der Waals surface area contributed by atoms with Crippen molar-refractivity contribution in [1.29, 1.82) is 0 Å². The summed E-state index contributed by atoms with van der Waals surface area (Å²) in [5, 5.41) is 3.42. The molecule has 0 unspecified atom stereocenters. The van der Waals surface area contributed by atoms with E-state index in [0.29, 0.717) is 5.41 Å². The van der Waals surface area contributed by atoms with Crippen molar-refractivity contribution in [3.63, 3.8) is 0 Å². The number of hydrogen-bond donors (Lipinski definition) is 2. The lowest BCUT2D eigenvalue weighted by molar-refractivity contribution is 0.274. The fourth-order valence-corrected chi connectivity index (χ4v) is 2.46. The number of piperidine rings is 1. The minimum absolute atomic E-state index is 0.433. The van der Waals surface area contributed by atoms with Gasteiger partial charge in [0.1, 0.15) is 0 Å². The van der Waals surface area contributed by atoms with E-state index < -0.39 is 0 Å². The summed E-state index contributed by atoms with van der Waals surface area (Å²) < 4.78 is 0. The Balaban J connectivity index is 2.13. The van der Waals surface area contributed by atoms with Crippen LogP contribution >= 0.6 is 0 Å². The Morgan fingerprint density at radius 1 is 1.21 bits per heavy atom. The first-order chi connectivity index (χ1) is 6.71. The number of hydrogen-bond acceptors (Lipinski definition) is 2. The van der Waals surface area contributed by atoms with Crippen LogP contribution < -0.4 is 11.1 Å². The van der Waals surface area contributed by atoms with Crippen molar-refractivity contribution in [2.24, 2.45) is 11.1 Å². The van der Waals surface area contributed by atoms with Crippen LogP contribution in [0.1, 0.15) is 32.6 Å². The molecule has 0 radical (unpaired) electrons. The average molecular weight is 192 g/mol. The first kappa shape index (κ1) is 9.78. The second kappa shape index (κ2) is 3.77. The van der Waals surface area contributed by atoms with Gasteiger partial charge >= 0.3 is 0 Å². The SMILES string of the molecule is CC1(C2=CC=C(N)CC2)CCNCC1. The smallest absolute Gasteiger partial charge is 0.00836 e. The molecule has 1 aliphatic heterocycles. The van der Waals surface area contributed by atoms with Crippen LogP contribution in [-0.4, -0.2) is 13.1 Å². The van der Waals surface area contributed by atoms with E-state index in [1.165, 1.54) is 19.3 Å². The zero-order valence-corrected chi connectivity index (χ0v) is 8.97. The molecule has 1 aliphatic carbocycles. The van der Waals surface area contributed by atoms with E-state index >= 15 is 0 Å². The summed E-state index contributed by atoms with van der Waals surface area (Å²) in [7, 11) is 0. The fourth-order valence-electron chi connectivity index (χ4n) is 2.46. The maximum absolute atomic E-state index is 5.77. The van der Waals surface area contributed by atoms with Gasteiger partial charge in [0, 0.05) is 5.70 Å². The van der Waals surface area contributed by atoms with Gasteiger partial charge in [0.15, 0.2) is 0 Å². The summed E-state index contributed by atoms with van der Waals surface area (Å²) in [6.45, 7) is 4.72. The Kier molecular flexibility index (Phi) is 2.64. The maximum atomic E-state index is 5.77. The highest BCUT2D eigenvalue weighted by Crippen LogP contribution is 2.40. The molecule has 3 N–H and O–H groups in total. The molecule has 0 aromatic heterocycles. The molecule has 78 valence electrons. The molecule has 0 amide bonds. The van der Waals surface area contributed by atoms with Gasteiger partial charge in [0.2, 0.25) is 0 Å². The van der Waals surface area contributed by atoms with Gasteiger partial charge in [-0.15, -0.1) is 0 Å². The summed E-state index contributed by atoms with van der Waals surface area (Å²) in [6, 6.07) is 0. The molecule has 0 spiro atoms. The fraction of sp³-hybridized carbons (Fsp3) is 0.667. The van der Waals surface area contributed by atoms with E-state index in [2.05, 4.69) is 24.4 Å². The number of nitrogens with two attached hydrogens (primary N) is 1. The minimum Gasteiger partial charge on any atom is -0.402 e. The van der Waals surface area contributed by atoms with Gasteiger partial charge in [-0.1, -0.05) is 18.6 Å². The molecule has 2 heteroatoms.